The number of fused-ring (bicyclic) bond motifs is 6. The van der Waals surface area contributed by atoms with Gasteiger partial charge in [-0.1, -0.05) is 30.3 Å². The third-order valence-corrected chi connectivity index (χ3v) is 11.3. The molecule has 0 saturated carbocycles. The molecule has 1 spiro atoms. The quantitative estimate of drug-likeness (QED) is 0.203. The van der Waals surface area contributed by atoms with E-state index >= 15 is 4.39 Å². The second-order valence-corrected chi connectivity index (χ2v) is 13.5. The van der Waals surface area contributed by atoms with Crippen LogP contribution in [-0.2, 0) is 24.7 Å². The summed E-state index contributed by atoms with van der Waals surface area (Å²) < 4.78 is 45.1. The molecule has 11 nitrogen and oxygen atoms in total. The normalized spacial score (nSPS) is 26.8. The minimum atomic E-state index is -1.00. The van der Waals surface area contributed by atoms with Crippen molar-refractivity contribution in [2.45, 2.75) is 60.2 Å². The number of benzene rings is 2. The number of rotatable bonds is 7. The highest BCUT2D eigenvalue weighted by molar-refractivity contribution is 7.98. The van der Waals surface area contributed by atoms with Crippen molar-refractivity contribution in [1.82, 2.24) is 9.58 Å². The molecule has 13 heteroatoms. The number of carbonyl (C=O) groups is 2. The first-order valence-electron chi connectivity index (χ1n) is 15.8. The van der Waals surface area contributed by atoms with Crippen molar-refractivity contribution in [1.29, 1.82) is 0 Å². The van der Waals surface area contributed by atoms with Gasteiger partial charge in [0.2, 0.25) is 18.0 Å². The average molecular weight is 664 g/mol. The van der Waals surface area contributed by atoms with E-state index in [1.54, 1.807) is 33.6 Å². The van der Waals surface area contributed by atoms with E-state index in [9.17, 15) is 14.4 Å². The maximum atomic E-state index is 16.2. The van der Waals surface area contributed by atoms with Gasteiger partial charge >= 0.3 is 6.16 Å². The summed E-state index contributed by atoms with van der Waals surface area (Å²) in [5.74, 6) is -0.463. The van der Waals surface area contributed by atoms with Crippen LogP contribution in [0.4, 0.5) is 9.18 Å². The fourth-order valence-electron chi connectivity index (χ4n) is 8.16. The van der Waals surface area contributed by atoms with E-state index in [0.29, 0.717) is 24.3 Å². The van der Waals surface area contributed by atoms with Crippen molar-refractivity contribution >= 4 is 23.8 Å². The summed E-state index contributed by atoms with van der Waals surface area (Å²) in [6.07, 6.45) is 3.49. The van der Waals surface area contributed by atoms with Gasteiger partial charge in [0.15, 0.2) is 5.69 Å². The molecule has 5 aliphatic rings. The summed E-state index contributed by atoms with van der Waals surface area (Å²) in [7, 11) is 1.47. The molecule has 6 heterocycles. The molecule has 246 valence electrons. The van der Waals surface area contributed by atoms with Crippen LogP contribution in [0.5, 0.6) is 5.75 Å². The number of carbonyl (C=O) groups excluding carboxylic acids is 2. The molecule has 8 rings (SSSR count). The van der Waals surface area contributed by atoms with Gasteiger partial charge in [-0.25, -0.2) is 9.18 Å². The second-order valence-electron chi connectivity index (χ2n) is 12.5. The Morgan fingerprint density at radius 3 is 2.81 bits per heavy atom. The molecule has 5 aliphatic heterocycles. The van der Waals surface area contributed by atoms with Crippen molar-refractivity contribution in [3.63, 3.8) is 0 Å². The summed E-state index contributed by atoms with van der Waals surface area (Å²) in [6, 6.07) is 13.8. The minimum absolute atomic E-state index is 0.0163. The van der Waals surface area contributed by atoms with Gasteiger partial charge < -0.3 is 28.6 Å². The van der Waals surface area contributed by atoms with E-state index in [0.717, 1.165) is 35.3 Å². The molecule has 3 saturated heterocycles. The Labute approximate surface area is 274 Å². The Hall–Kier alpha value is -4.07. The van der Waals surface area contributed by atoms with E-state index in [1.165, 1.54) is 19.2 Å². The van der Waals surface area contributed by atoms with Crippen molar-refractivity contribution in [2.24, 2.45) is 5.92 Å². The Bertz CT molecular complexity index is 1800. The molecule has 0 unspecified atom stereocenters. The molecule has 0 N–H and O–H groups in total. The maximum absolute atomic E-state index is 16.2. The van der Waals surface area contributed by atoms with Crippen LogP contribution < -0.4 is 15.2 Å². The van der Waals surface area contributed by atoms with Gasteiger partial charge in [0.25, 0.3) is 5.91 Å². The van der Waals surface area contributed by atoms with E-state index in [2.05, 4.69) is 5.01 Å². The Balaban J connectivity index is 1.29. The maximum Gasteiger partial charge on any atom is 0.511 e. The number of amides is 1. The highest BCUT2D eigenvalue weighted by Gasteiger charge is 2.63. The van der Waals surface area contributed by atoms with Crippen LogP contribution in [0.25, 0.3) is 0 Å². The highest BCUT2D eigenvalue weighted by atomic mass is 32.2. The van der Waals surface area contributed by atoms with Gasteiger partial charge in [0, 0.05) is 48.0 Å². The smallest absolute Gasteiger partial charge is 0.451 e. The number of hydrogen-bond donors (Lipinski definition) is 0. The van der Waals surface area contributed by atoms with Crippen molar-refractivity contribution < 1.29 is 37.7 Å². The summed E-state index contributed by atoms with van der Waals surface area (Å²) in [5.41, 5.74) is 1.32. The molecule has 3 aromatic rings. The number of aromatic nitrogens is 1. The zero-order valence-electron chi connectivity index (χ0n) is 25.8. The largest absolute Gasteiger partial charge is 0.511 e. The van der Waals surface area contributed by atoms with Gasteiger partial charge in [-0.05, 0) is 48.9 Å². The van der Waals surface area contributed by atoms with Crippen LogP contribution in [0.15, 0.2) is 64.4 Å². The van der Waals surface area contributed by atoms with Gasteiger partial charge in [-0.15, -0.1) is 11.8 Å². The summed E-state index contributed by atoms with van der Waals surface area (Å²) in [4.78, 5) is 42.8. The van der Waals surface area contributed by atoms with E-state index in [4.69, 9.17) is 23.7 Å². The van der Waals surface area contributed by atoms with Gasteiger partial charge in [-0.2, -0.15) is 0 Å². The monoisotopic (exact) mass is 663 g/mol. The zero-order chi connectivity index (χ0) is 32.3. The van der Waals surface area contributed by atoms with Crippen molar-refractivity contribution in [2.75, 3.05) is 38.7 Å². The van der Waals surface area contributed by atoms with Crippen LogP contribution in [0, 0.1) is 11.7 Å². The second kappa shape index (κ2) is 11.9. The molecule has 1 aromatic heterocycles. The lowest BCUT2D eigenvalue weighted by atomic mass is 9.71. The Morgan fingerprint density at radius 1 is 1.09 bits per heavy atom. The number of thioether (sulfide) groups is 1. The van der Waals surface area contributed by atoms with Gasteiger partial charge in [-0.3, -0.25) is 19.3 Å². The van der Waals surface area contributed by atoms with E-state index in [-0.39, 0.29) is 54.0 Å². The minimum Gasteiger partial charge on any atom is -0.451 e. The topological polar surface area (TPSA) is 109 Å². The average Bonchev–Trinajstić information content (AvgIpc) is 3.60. The van der Waals surface area contributed by atoms with Gasteiger partial charge in [0.1, 0.15) is 24.6 Å². The third-order valence-electron chi connectivity index (χ3n) is 10.1. The standard InChI is InChI=1S/C34H34FN3O8S/c1-42-15-16-43-33(41)45-19-44-30-25(39)10-13-37-29(30)32(40)36-14-12-34-11-9-21(46-34)17-23(34)31(36)38(37)28-22-6-2-3-8-26(22)47-18-20-5-4-7-24(35)27(20)28/h2-8,10,13,21,23,28,31H,9,11-12,14-19H2,1H3/t21-,23+,28+,31+,34-/m0/s1. The lowest BCUT2D eigenvalue weighted by Gasteiger charge is -2.57. The molecule has 1 amide bonds. The predicted molar refractivity (Wildman–Crippen MR) is 167 cm³/mol. The number of pyridine rings is 1. The van der Waals surface area contributed by atoms with E-state index in [1.807, 2.05) is 30.3 Å². The molecular weight excluding hydrogens is 629 g/mol. The summed E-state index contributed by atoms with van der Waals surface area (Å²) in [6.45, 7) is -0.0991. The molecule has 2 aromatic carbocycles. The summed E-state index contributed by atoms with van der Waals surface area (Å²) in [5, 5.41) is 2.06. The van der Waals surface area contributed by atoms with Crippen LogP contribution in [0.1, 0.15) is 58.9 Å². The number of nitrogens with zero attached hydrogens (tertiary/aromatic N) is 3. The molecule has 47 heavy (non-hydrogen) atoms. The first-order valence-corrected chi connectivity index (χ1v) is 16.8. The first-order chi connectivity index (χ1) is 22.9. The van der Waals surface area contributed by atoms with Crippen LogP contribution >= 0.6 is 11.8 Å². The molecular formula is C34H34FN3O8S. The fourth-order valence-corrected chi connectivity index (χ4v) is 9.25. The number of piperidine rings is 1. The molecule has 0 radical (unpaired) electrons. The Morgan fingerprint density at radius 2 is 1.96 bits per heavy atom. The van der Waals surface area contributed by atoms with Crippen molar-refractivity contribution in [3.8, 4) is 5.75 Å². The van der Waals surface area contributed by atoms with Crippen LogP contribution in [0.3, 0.4) is 0 Å². The molecule has 0 aliphatic carbocycles. The number of methoxy groups -OCH3 is 1. The third kappa shape index (κ3) is 4.89. The molecule has 2 bridgehead atoms. The fraction of sp³-hybridized carbons (Fsp3) is 0.441. The van der Waals surface area contributed by atoms with Crippen LogP contribution in [-0.4, -0.2) is 73.2 Å². The molecule has 3 fully saturated rings. The predicted octanol–water partition coefficient (Wildman–Crippen LogP) is 4.58. The highest BCUT2D eigenvalue weighted by Crippen LogP contribution is 2.57. The number of hydrogen-bond acceptors (Lipinski definition) is 10. The lowest BCUT2D eigenvalue weighted by molar-refractivity contribution is -0.0758. The zero-order valence-corrected chi connectivity index (χ0v) is 26.6. The first kappa shape index (κ1) is 30.3. The number of ether oxygens (including phenoxy) is 5. The summed E-state index contributed by atoms with van der Waals surface area (Å²) >= 11 is 1.65. The van der Waals surface area contributed by atoms with Crippen LogP contribution in [0.2, 0.25) is 0 Å². The van der Waals surface area contributed by atoms with Gasteiger partial charge in [0.05, 0.1) is 18.3 Å². The number of halogens is 1. The lowest BCUT2D eigenvalue weighted by Crippen LogP contribution is -2.70. The SMILES string of the molecule is COCCOC(=O)OCOc1c2n(ccc1=O)N([C@@H]1c3ccccc3SCc3cccc(F)c31)[C@@H]1[C@H]3C[C@@H]4CC[C@@]3(CCN1C2=O)O4. The van der Waals surface area contributed by atoms with E-state index < -0.39 is 30.6 Å². The molecule has 5 atom stereocenters. The Kier molecular flexibility index (Phi) is 7.65. The van der Waals surface area contributed by atoms with Crippen molar-refractivity contribution in [3.05, 3.63) is 93.2 Å².